The van der Waals surface area contributed by atoms with E-state index >= 15 is 0 Å². The topological polar surface area (TPSA) is 72.2 Å². The summed E-state index contributed by atoms with van der Waals surface area (Å²) in [6.07, 6.45) is 0.828. The van der Waals surface area contributed by atoms with Crippen molar-refractivity contribution in [2.24, 2.45) is 5.73 Å². The van der Waals surface area contributed by atoms with Crippen LogP contribution in [0.2, 0.25) is 0 Å². The maximum absolute atomic E-state index is 12.1. The average Bonchev–Trinajstić information content (AvgIpc) is 2.86. The van der Waals surface area contributed by atoms with Gasteiger partial charge in [-0.05, 0) is 51.5 Å². The van der Waals surface area contributed by atoms with Crippen molar-refractivity contribution >= 4 is 37.3 Å². The maximum atomic E-state index is 12.1. The Morgan fingerprint density at radius 3 is 2.35 bits per heavy atom. The fourth-order valence-corrected chi connectivity index (χ4v) is 5.10. The predicted molar refractivity (Wildman–Crippen MR) is 85.2 cm³/mol. The molecule has 0 fully saturated rings. The van der Waals surface area contributed by atoms with Crippen LogP contribution in [0.4, 0.5) is 0 Å². The molecule has 0 aliphatic heterocycles. The third kappa shape index (κ3) is 3.89. The number of halogens is 1. The molecule has 4 nitrogen and oxygen atoms in total. The molecule has 0 saturated carbocycles. The van der Waals surface area contributed by atoms with Crippen LogP contribution in [-0.4, -0.2) is 15.0 Å². The Hall–Kier alpha value is -0.730. The van der Waals surface area contributed by atoms with Crippen molar-refractivity contribution in [1.29, 1.82) is 0 Å². The predicted octanol–water partition coefficient (Wildman–Crippen LogP) is 2.49. The lowest BCUT2D eigenvalue weighted by Crippen LogP contribution is -2.22. The van der Waals surface area contributed by atoms with Crippen LogP contribution >= 0.6 is 27.3 Å². The minimum Gasteiger partial charge on any atom is -0.330 e. The molecule has 2 rings (SSSR count). The summed E-state index contributed by atoms with van der Waals surface area (Å²) < 4.78 is 27.7. The molecule has 0 aliphatic rings. The molecule has 0 atom stereocenters. The minimum atomic E-state index is -3.46. The van der Waals surface area contributed by atoms with E-state index in [9.17, 15) is 8.42 Å². The van der Waals surface area contributed by atoms with E-state index in [4.69, 9.17) is 5.73 Å². The van der Waals surface area contributed by atoms with E-state index in [1.54, 1.807) is 11.4 Å². The first kappa shape index (κ1) is 15.7. The summed E-state index contributed by atoms with van der Waals surface area (Å²) in [4.78, 5) is 0. The number of sulfonamides is 1. The number of nitrogens with two attached hydrogens (primary N) is 1. The molecule has 7 heteroatoms. The van der Waals surface area contributed by atoms with Crippen molar-refractivity contribution in [1.82, 2.24) is 4.72 Å². The Kier molecular flexibility index (Phi) is 5.34. The van der Waals surface area contributed by atoms with Gasteiger partial charge in [-0.1, -0.05) is 24.3 Å². The smallest absolute Gasteiger partial charge is 0.251 e. The maximum Gasteiger partial charge on any atom is 0.251 e. The Balaban J connectivity index is 2.03. The lowest BCUT2D eigenvalue weighted by atomic mass is 10.1. The highest BCUT2D eigenvalue weighted by Crippen LogP contribution is 2.27. The summed E-state index contributed by atoms with van der Waals surface area (Å²) >= 11 is 4.42. The summed E-state index contributed by atoms with van der Waals surface area (Å²) in [7, 11) is -3.46. The standard InChI is InChI=1S/C13H15BrN2O2S2/c14-12-6-8-19-13(12)20(17,18)16-9-11-3-1-10(2-4-11)5-7-15/h1-4,6,8,16H,5,7,9,15H2. The zero-order chi connectivity index (χ0) is 14.6. The van der Waals surface area contributed by atoms with Gasteiger partial charge in [-0.2, -0.15) is 0 Å². The molecule has 2 aromatic rings. The van der Waals surface area contributed by atoms with Crippen LogP contribution < -0.4 is 10.5 Å². The number of thiophene rings is 1. The zero-order valence-corrected chi connectivity index (χ0v) is 13.9. The van der Waals surface area contributed by atoms with Gasteiger partial charge in [0.1, 0.15) is 4.21 Å². The Labute approximate surface area is 131 Å². The highest BCUT2D eigenvalue weighted by molar-refractivity contribution is 9.10. The molecule has 0 saturated heterocycles. The van der Waals surface area contributed by atoms with Crippen LogP contribution in [0.15, 0.2) is 44.4 Å². The van der Waals surface area contributed by atoms with Gasteiger partial charge in [0.05, 0.1) is 0 Å². The summed E-state index contributed by atoms with van der Waals surface area (Å²) in [5.74, 6) is 0. The second-order valence-electron chi connectivity index (χ2n) is 4.24. The third-order valence-electron chi connectivity index (χ3n) is 2.75. The van der Waals surface area contributed by atoms with E-state index < -0.39 is 10.0 Å². The fourth-order valence-electron chi connectivity index (χ4n) is 1.71. The van der Waals surface area contributed by atoms with E-state index in [0.717, 1.165) is 17.5 Å². The van der Waals surface area contributed by atoms with Crippen LogP contribution in [0.25, 0.3) is 0 Å². The largest absolute Gasteiger partial charge is 0.330 e. The fraction of sp³-hybridized carbons (Fsp3) is 0.231. The Morgan fingerprint density at radius 1 is 1.15 bits per heavy atom. The monoisotopic (exact) mass is 374 g/mol. The molecule has 20 heavy (non-hydrogen) atoms. The molecule has 108 valence electrons. The quantitative estimate of drug-likeness (QED) is 0.815. The summed E-state index contributed by atoms with van der Waals surface area (Å²) in [6.45, 7) is 0.883. The number of nitrogens with one attached hydrogen (secondary N) is 1. The normalized spacial score (nSPS) is 11.7. The van der Waals surface area contributed by atoms with Crippen molar-refractivity contribution < 1.29 is 8.42 Å². The lowest BCUT2D eigenvalue weighted by Gasteiger charge is -2.06. The molecule has 0 aliphatic carbocycles. The summed E-state index contributed by atoms with van der Waals surface area (Å²) in [5.41, 5.74) is 7.56. The second-order valence-corrected chi connectivity index (χ2v) is 7.97. The first-order valence-electron chi connectivity index (χ1n) is 6.03. The summed E-state index contributed by atoms with van der Waals surface area (Å²) in [5, 5.41) is 1.74. The van der Waals surface area contributed by atoms with Crippen LogP contribution in [0, 0.1) is 0 Å². The van der Waals surface area contributed by atoms with Crippen molar-refractivity contribution in [3.05, 3.63) is 51.3 Å². The van der Waals surface area contributed by atoms with E-state index in [-0.39, 0.29) is 6.54 Å². The van der Waals surface area contributed by atoms with Crippen molar-refractivity contribution in [2.45, 2.75) is 17.2 Å². The molecule has 0 unspecified atom stereocenters. The Morgan fingerprint density at radius 2 is 1.80 bits per heavy atom. The molecule has 0 amide bonds. The van der Waals surface area contributed by atoms with Crippen molar-refractivity contribution in [2.75, 3.05) is 6.54 Å². The van der Waals surface area contributed by atoms with Crippen LogP contribution in [0.1, 0.15) is 11.1 Å². The number of rotatable bonds is 6. The van der Waals surface area contributed by atoms with E-state index in [0.29, 0.717) is 15.2 Å². The van der Waals surface area contributed by atoms with Gasteiger partial charge < -0.3 is 5.73 Å². The van der Waals surface area contributed by atoms with Gasteiger partial charge in [-0.3, -0.25) is 0 Å². The zero-order valence-electron chi connectivity index (χ0n) is 10.7. The summed E-state index contributed by atoms with van der Waals surface area (Å²) in [6, 6.07) is 9.49. The van der Waals surface area contributed by atoms with Crippen molar-refractivity contribution in [3.8, 4) is 0 Å². The molecular formula is C13H15BrN2O2S2. The van der Waals surface area contributed by atoms with E-state index in [1.165, 1.54) is 11.3 Å². The number of benzene rings is 1. The Bertz CT molecular complexity index is 666. The third-order valence-corrected chi connectivity index (χ3v) is 6.82. The first-order chi connectivity index (χ1) is 9.53. The van der Waals surface area contributed by atoms with Gasteiger partial charge >= 0.3 is 0 Å². The average molecular weight is 375 g/mol. The molecule has 0 radical (unpaired) electrons. The first-order valence-corrected chi connectivity index (χ1v) is 9.19. The second kappa shape index (κ2) is 6.82. The highest BCUT2D eigenvalue weighted by Gasteiger charge is 2.18. The highest BCUT2D eigenvalue weighted by atomic mass is 79.9. The van der Waals surface area contributed by atoms with Gasteiger partial charge in [-0.15, -0.1) is 11.3 Å². The van der Waals surface area contributed by atoms with Crippen LogP contribution in [0.3, 0.4) is 0 Å². The van der Waals surface area contributed by atoms with E-state index in [2.05, 4.69) is 20.7 Å². The van der Waals surface area contributed by atoms with Gasteiger partial charge in [0, 0.05) is 11.0 Å². The van der Waals surface area contributed by atoms with Gasteiger partial charge in [0.2, 0.25) is 0 Å². The number of hydrogen-bond donors (Lipinski definition) is 2. The molecule has 0 bridgehead atoms. The molecule has 1 aromatic carbocycles. The molecule has 1 aromatic heterocycles. The van der Waals surface area contributed by atoms with Gasteiger partial charge in [0.25, 0.3) is 10.0 Å². The lowest BCUT2D eigenvalue weighted by molar-refractivity contribution is 0.583. The SMILES string of the molecule is NCCc1ccc(CNS(=O)(=O)c2sccc2Br)cc1. The van der Waals surface area contributed by atoms with E-state index in [1.807, 2.05) is 24.3 Å². The molecule has 3 N–H and O–H groups in total. The van der Waals surface area contributed by atoms with Gasteiger partial charge in [0.15, 0.2) is 0 Å². The number of hydrogen-bond acceptors (Lipinski definition) is 4. The van der Waals surface area contributed by atoms with Crippen LogP contribution in [-0.2, 0) is 23.0 Å². The van der Waals surface area contributed by atoms with Crippen molar-refractivity contribution in [3.63, 3.8) is 0 Å². The molecule has 1 heterocycles. The molecular weight excluding hydrogens is 360 g/mol. The molecule has 0 spiro atoms. The van der Waals surface area contributed by atoms with Gasteiger partial charge in [-0.25, -0.2) is 13.1 Å². The van der Waals surface area contributed by atoms with Crippen LogP contribution in [0.5, 0.6) is 0 Å². The minimum absolute atomic E-state index is 0.273.